The van der Waals surface area contributed by atoms with Crippen molar-refractivity contribution < 1.29 is 19.4 Å². The molecular weight excluding hydrogens is 210 g/mol. The van der Waals surface area contributed by atoms with Gasteiger partial charge in [-0.1, -0.05) is 0 Å². The highest BCUT2D eigenvalue weighted by Gasteiger charge is 2.43. The third kappa shape index (κ3) is 2.04. The molecule has 90 valence electrons. The number of likely N-dealkylation sites (N-methyl/N-ethyl adjacent to an activating group) is 1. The Morgan fingerprint density at radius 2 is 2.06 bits per heavy atom. The number of nitrogens with zero attached hydrogens (tertiary/aromatic N) is 1. The molecule has 0 spiro atoms. The predicted octanol–water partition coefficient (Wildman–Crippen LogP) is 0.344. The highest BCUT2D eigenvalue weighted by atomic mass is 16.5. The Labute approximate surface area is 94.4 Å². The highest BCUT2D eigenvalue weighted by molar-refractivity contribution is 5.82. The van der Waals surface area contributed by atoms with Gasteiger partial charge in [-0.2, -0.15) is 0 Å². The molecule has 1 heterocycles. The molecule has 0 aromatic carbocycles. The van der Waals surface area contributed by atoms with E-state index in [1.807, 2.05) is 6.92 Å². The van der Waals surface area contributed by atoms with Gasteiger partial charge < -0.3 is 14.7 Å². The molecule has 1 N–H and O–H groups in total. The lowest BCUT2D eigenvalue weighted by molar-refractivity contribution is -0.145. The maximum atomic E-state index is 12.0. The second kappa shape index (κ2) is 4.41. The van der Waals surface area contributed by atoms with Crippen molar-refractivity contribution in [2.24, 2.45) is 11.8 Å². The molecule has 5 nitrogen and oxygen atoms in total. The van der Waals surface area contributed by atoms with E-state index in [4.69, 9.17) is 9.84 Å². The summed E-state index contributed by atoms with van der Waals surface area (Å²) in [6.45, 7) is 3.02. The monoisotopic (exact) mass is 227 g/mol. The summed E-state index contributed by atoms with van der Waals surface area (Å²) in [5, 5.41) is 9.05. The van der Waals surface area contributed by atoms with Gasteiger partial charge in [-0.25, -0.2) is 0 Å². The van der Waals surface area contributed by atoms with Gasteiger partial charge in [0, 0.05) is 12.5 Å². The molecule has 16 heavy (non-hydrogen) atoms. The van der Waals surface area contributed by atoms with Gasteiger partial charge in [0.2, 0.25) is 5.91 Å². The van der Waals surface area contributed by atoms with Gasteiger partial charge in [0.15, 0.2) is 0 Å². The van der Waals surface area contributed by atoms with E-state index in [1.54, 1.807) is 4.90 Å². The summed E-state index contributed by atoms with van der Waals surface area (Å²) in [4.78, 5) is 24.7. The molecule has 1 saturated heterocycles. The average Bonchev–Trinajstić information content (AvgIpc) is 2.99. The van der Waals surface area contributed by atoms with Crippen molar-refractivity contribution in [1.82, 2.24) is 4.90 Å². The van der Waals surface area contributed by atoms with Crippen LogP contribution in [0, 0.1) is 11.8 Å². The van der Waals surface area contributed by atoms with E-state index in [0.717, 1.165) is 12.8 Å². The molecule has 0 aromatic heterocycles. The number of carboxylic acids is 1. The van der Waals surface area contributed by atoms with Crippen LogP contribution < -0.4 is 0 Å². The summed E-state index contributed by atoms with van der Waals surface area (Å²) in [6.07, 6.45) is 1.89. The maximum Gasteiger partial charge on any atom is 0.311 e. The van der Waals surface area contributed by atoms with Crippen molar-refractivity contribution >= 4 is 11.9 Å². The van der Waals surface area contributed by atoms with Gasteiger partial charge in [0.05, 0.1) is 19.3 Å². The summed E-state index contributed by atoms with van der Waals surface area (Å²) < 4.78 is 5.19. The molecule has 2 aliphatic rings. The van der Waals surface area contributed by atoms with Crippen LogP contribution in [0.3, 0.4) is 0 Å². The first-order valence-corrected chi connectivity index (χ1v) is 5.76. The summed E-state index contributed by atoms with van der Waals surface area (Å²) in [7, 11) is 0. The predicted molar refractivity (Wildman–Crippen MR) is 55.8 cm³/mol. The number of carbonyl (C=O) groups excluding carboxylic acids is 1. The minimum absolute atomic E-state index is 0.101. The zero-order valence-electron chi connectivity index (χ0n) is 9.39. The lowest BCUT2D eigenvalue weighted by Gasteiger charge is -2.29. The first-order valence-electron chi connectivity index (χ1n) is 5.76. The fraction of sp³-hybridized carbons (Fsp3) is 0.818. The number of carbonyl (C=O) groups is 2. The minimum atomic E-state index is -0.871. The van der Waals surface area contributed by atoms with Crippen molar-refractivity contribution in [1.29, 1.82) is 0 Å². The van der Waals surface area contributed by atoms with Gasteiger partial charge in [0.25, 0.3) is 0 Å². The van der Waals surface area contributed by atoms with Gasteiger partial charge in [-0.15, -0.1) is 0 Å². The van der Waals surface area contributed by atoms with Crippen molar-refractivity contribution in [2.75, 3.05) is 19.8 Å². The van der Waals surface area contributed by atoms with Gasteiger partial charge >= 0.3 is 5.97 Å². The molecule has 2 rings (SSSR count). The van der Waals surface area contributed by atoms with Crippen LogP contribution in [0.5, 0.6) is 0 Å². The van der Waals surface area contributed by atoms with Gasteiger partial charge in [-0.05, 0) is 19.8 Å². The largest absolute Gasteiger partial charge is 0.481 e. The van der Waals surface area contributed by atoms with E-state index in [2.05, 4.69) is 0 Å². The number of hydrogen-bond acceptors (Lipinski definition) is 3. The van der Waals surface area contributed by atoms with E-state index in [9.17, 15) is 9.59 Å². The van der Waals surface area contributed by atoms with Crippen LogP contribution in [0.1, 0.15) is 19.8 Å². The molecule has 0 radical (unpaired) electrons. The molecule has 1 aliphatic heterocycles. The van der Waals surface area contributed by atoms with E-state index < -0.39 is 11.9 Å². The van der Waals surface area contributed by atoms with Gasteiger partial charge in [0.1, 0.15) is 5.92 Å². The Morgan fingerprint density at radius 1 is 1.38 bits per heavy atom. The molecule has 2 fully saturated rings. The fourth-order valence-corrected chi connectivity index (χ4v) is 2.20. The van der Waals surface area contributed by atoms with Crippen LogP contribution in [0.25, 0.3) is 0 Å². The fourth-order valence-electron chi connectivity index (χ4n) is 2.20. The molecular formula is C11H17NO4. The molecule has 1 amide bonds. The van der Waals surface area contributed by atoms with Crippen LogP contribution in [0.15, 0.2) is 0 Å². The number of hydrogen-bond donors (Lipinski definition) is 1. The molecule has 2 unspecified atom stereocenters. The van der Waals surface area contributed by atoms with Crippen molar-refractivity contribution in [3.8, 4) is 0 Å². The van der Waals surface area contributed by atoms with Crippen LogP contribution in [0.2, 0.25) is 0 Å². The average molecular weight is 227 g/mol. The Kier molecular flexibility index (Phi) is 3.14. The Morgan fingerprint density at radius 3 is 2.56 bits per heavy atom. The molecule has 1 saturated carbocycles. The maximum absolute atomic E-state index is 12.0. The minimum Gasteiger partial charge on any atom is -0.481 e. The summed E-state index contributed by atoms with van der Waals surface area (Å²) in [5.41, 5.74) is 0. The number of rotatable bonds is 4. The van der Waals surface area contributed by atoms with E-state index in [1.165, 1.54) is 0 Å². The summed E-state index contributed by atoms with van der Waals surface area (Å²) in [6, 6.07) is -0.282. The van der Waals surface area contributed by atoms with E-state index >= 15 is 0 Å². The molecule has 5 heteroatoms. The second-order valence-corrected chi connectivity index (χ2v) is 4.45. The number of carboxylic acid groups (broad SMARTS) is 1. The molecule has 2 atom stereocenters. The first-order chi connectivity index (χ1) is 7.65. The lowest BCUT2D eigenvalue weighted by Crippen LogP contribution is -2.47. The third-order valence-electron chi connectivity index (χ3n) is 3.32. The standard InChI is InChI=1S/C11H17NO4/c1-2-12(10(13)7-3-4-7)9-6-16-5-8(9)11(14)15/h7-9H,2-6H2,1H3,(H,14,15). The highest BCUT2D eigenvalue weighted by Crippen LogP contribution is 2.33. The molecule has 0 aromatic rings. The number of ether oxygens (including phenoxy) is 1. The van der Waals surface area contributed by atoms with Crippen molar-refractivity contribution in [3.05, 3.63) is 0 Å². The SMILES string of the molecule is CCN(C(=O)C1CC1)C1COCC1C(=O)O. The van der Waals surface area contributed by atoms with Crippen LogP contribution >= 0.6 is 0 Å². The Hall–Kier alpha value is -1.10. The molecule has 1 aliphatic carbocycles. The quantitative estimate of drug-likeness (QED) is 0.752. The van der Waals surface area contributed by atoms with Crippen LogP contribution in [0.4, 0.5) is 0 Å². The van der Waals surface area contributed by atoms with Crippen LogP contribution in [-0.2, 0) is 14.3 Å². The molecule has 0 bridgehead atoms. The lowest BCUT2D eigenvalue weighted by atomic mass is 10.0. The smallest absolute Gasteiger partial charge is 0.311 e. The summed E-state index contributed by atoms with van der Waals surface area (Å²) in [5.74, 6) is -1.20. The van der Waals surface area contributed by atoms with Crippen LogP contribution in [-0.4, -0.2) is 47.7 Å². The zero-order valence-corrected chi connectivity index (χ0v) is 9.39. The zero-order chi connectivity index (χ0) is 11.7. The van der Waals surface area contributed by atoms with Gasteiger partial charge in [-0.3, -0.25) is 9.59 Å². The Bertz CT molecular complexity index is 300. The second-order valence-electron chi connectivity index (χ2n) is 4.45. The topological polar surface area (TPSA) is 66.8 Å². The first kappa shape index (κ1) is 11.4. The summed E-state index contributed by atoms with van der Waals surface area (Å²) >= 11 is 0. The normalized spacial score (nSPS) is 29.1. The van der Waals surface area contributed by atoms with E-state index in [-0.39, 0.29) is 24.5 Å². The number of amides is 1. The third-order valence-corrected chi connectivity index (χ3v) is 3.32. The van der Waals surface area contributed by atoms with E-state index in [0.29, 0.717) is 13.2 Å². The van der Waals surface area contributed by atoms with Crippen molar-refractivity contribution in [2.45, 2.75) is 25.8 Å². The number of aliphatic carboxylic acids is 1. The Balaban J connectivity index is 2.07. The van der Waals surface area contributed by atoms with Crippen molar-refractivity contribution in [3.63, 3.8) is 0 Å².